The van der Waals surface area contributed by atoms with E-state index in [2.05, 4.69) is 26.1 Å². The molecule has 1 aromatic carbocycles. The molecule has 0 unspecified atom stereocenters. The number of nitrogens with zero attached hydrogens (tertiary/aromatic N) is 4. The van der Waals surface area contributed by atoms with Gasteiger partial charge in [-0.2, -0.15) is 0 Å². The molecular formula is C25H28ClN5O2S. The molecule has 3 aromatic rings. The van der Waals surface area contributed by atoms with Crippen molar-refractivity contribution in [2.75, 3.05) is 13.1 Å². The fourth-order valence-electron chi connectivity index (χ4n) is 5.75. The van der Waals surface area contributed by atoms with Crippen molar-refractivity contribution in [3.05, 3.63) is 62.5 Å². The Labute approximate surface area is 208 Å². The van der Waals surface area contributed by atoms with E-state index in [4.69, 9.17) is 16.3 Å². The van der Waals surface area contributed by atoms with Gasteiger partial charge in [0.15, 0.2) is 5.82 Å². The molecule has 9 heteroatoms. The van der Waals surface area contributed by atoms with Gasteiger partial charge in [0.05, 0.1) is 24.8 Å². The summed E-state index contributed by atoms with van der Waals surface area (Å²) >= 11 is 8.45. The Kier molecular flexibility index (Phi) is 5.52. The van der Waals surface area contributed by atoms with Gasteiger partial charge in [0.25, 0.3) is 0 Å². The van der Waals surface area contributed by atoms with Crippen LogP contribution in [0.25, 0.3) is 5.00 Å². The molecule has 1 saturated heterocycles. The Morgan fingerprint density at radius 2 is 1.94 bits per heavy atom. The van der Waals surface area contributed by atoms with E-state index < -0.39 is 0 Å². The summed E-state index contributed by atoms with van der Waals surface area (Å²) in [6.07, 6.45) is 1.67. The van der Waals surface area contributed by atoms with Crippen molar-refractivity contribution >= 4 is 28.8 Å². The zero-order valence-electron chi connectivity index (χ0n) is 19.5. The van der Waals surface area contributed by atoms with E-state index in [0.717, 1.165) is 40.1 Å². The standard InChI is InChI=1S/C25H28ClN5O2S/c1-13-11-30(12-14(2)33-13)24(32)16-8-18-20(9-16)34-25-22(18)23(17-6-4-5-7-19(17)26)27-10-21-29-28-15(3)31(21)25/h4-7,13-14,16,23,27H,8-12H2,1-3H3/t13-,14-,16-,23-/m0/s1. The molecule has 1 fully saturated rings. The molecule has 1 aliphatic carbocycles. The maximum atomic E-state index is 13.5. The molecule has 2 aliphatic heterocycles. The van der Waals surface area contributed by atoms with Crippen LogP contribution >= 0.6 is 22.9 Å². The topological polar surface area (TPSA) is 72.3 Å². The van der Waals surface area contributed by atoms with Crippen molar-refractivity contribution < 1.29 is 9.53 Å². The van der Waals surface area contributed by atoms with Crippen LogP contribution in [0.15, 0.2) is 24.3 Å². The summed E-state index contributed by atoms with van der Waals surface area (Å²) in [6.45, 7) is 8.00. The minimum atomic E-state index is -0.0675. The number of nitrogens with one attached hydrogen (secondary N) is 1. The Hall–Kier alpha value is -2.26. The molecule has 0 spiro atoms. The number of carbonyl (C=O) groups excluding carboxylic acids is 1. The summed E-state index contributed by atoms with van der Waals surface area (Å²) in [4.78, 5) is 16.8. The van der Waals surface area contributed by atoms with E-state index in [9.17, 15) is 4.79 Å². The van der Waals surface area contributed by atoms with Crippen LogP contribution < -0.4 is 5.32 Å². The van der Waals surface area contributed by atoms with E-state index >= 15 is 0 Å². The maximum Gasteiger partial charge on any atom is 0.226 e. The van der Waals surface area contributed by atoms with Crippen LogP contribution in [-0.2, 0) is 28.9 Å². The SMILES string of the molecule is Cc1nnc2n1-c1sc3c(c1[C@H](c1ccccc1Cl)NC2)C[C@H](C(=O)N1C[C@H](C)O[C@@H](C)C1)C3. The lowest BCUT2D eigenvalue weighted by atomic mass is 9.94. The Morgan fingerprint density at radius 3 is 2.71 bits per heavy atom. The number of hydrogen-bond acceptors (Lipinski definition) is 6. The number of aryl methyl sites for hydroxylation is 1. The van der Waals surface area contributed by atoms with E-state index in [1.54, 1.807) is 11.3 Å². The summed E-state index contributed by atoms with van der Waals surface area (Å²) < 4.78 is 8.02. The highest BCUT2D eigenvalue weighted by Gasteiger charge is 2.40. The van der Waals surface area contributed by atoms with E-state index in [1.165, 1.54) is 16.0 Å². The van der Waals surface area contributed by atoms with Gasteiger partial charge in [0.1, 0.15) is 10.8 Å². The lowest BCUT2D eigenvalue weighted by Crippen LogP contribution is -2.50. The first-order valence-corrected chi connectivity index (χ1v) is 13.1. The van der Waals surface area contributed by atoms with Gasteiger partial charge < -0.3 is 9.64 Å². The van der Waals surface area contributed by atoms with Gasteiger partial charge in [-0.1, -0.05) is 29.8 Å². The monoisotopic (exact) mass is 497 g/mol. The minimum absolute atomic E-state index is 0.0272. The summed E-state index contributed by atoms with van der Waals surface area (Å²) in [7, 11) is 0. The number of morpholine rings is 1. The number of fused-ring (bicyclic) bond motifs is 5. The van der Waals surface area contributed by atoms with Crippen LogP contribution in [0.2, 0.25) is 5.02 Å². The molecule has 0 radical (unpaired) electrons. The third kappa shape index (κ3) is 3.59. The predicted octanol–water partition coefficient (Wildman–Crippen LogP) is 3.83. The van der Waals surface area contributed by atoms with Gasteiger partial charge in [-0.25, -0.2) is 0 Å². The predicted molar refractivity (Wildman–Crippen MR) is 132 cm³/mol. The first-order chi connectivity index (χ1) is 16.4. The van der Waals surface area contributed by atoms with Crippen molar-refractivity contribution in [3.63, 3.8) is 0 Å². The van der Waals surface area contributed by atoms with Crippen LogP contribution in [0.4, 0.5) is 0 Å². The molecule has 4 heterocycles. The third-order valence-electron chi connectivity index (χ3n) is 7.14. The highest BCUT2D eigenvalue weighted by molar-refractivity contribution is 7.15. The summed E-state index contributed by atoms with van der Waals surface area (Å²) in [6, 6.07) is 7.94. The smallest absolute Gasteiger partial charge is 0.226 e. The number of hydrogen-bond donors (Lipinski definition) is 1. The van der Waals surface area contributed by atoms with Crippen LogP contribution in [0.5, 0.6) is 0 Å². The number of ether oxygens (including phenoxy) is 1. The molecule has 0 saturated carbocycles. The van der Waals surface area contributed by atoms with E-state index in [1.807, 2.05) is 43.9 Å². The van der Waals surface area contributed by atoms with Crippen LogP contribution in [0, 0.1) is 12.8 Å². The lowest BCUT2D eigenvalue weighted by molar-refractivity contribution is -0.147. The van der Waals surface area contributed by atoms with Gasteiger partial charge >= 0.3 is 0 Å². The summed E-state index contributed by atoms with van der Waals surface area (Å²) in [5, 5.41) is 14.3. The normalized spacial score (nSPS) is 26.1. The van der Waals surface area contributed by atoms with Gasteiger partial charge in [0.2, 0.25) is 5.91 Å². The number of halogens is 1. The second kappa shape index (κ2) is 8.45. The summed E-state index contributed by atoms with van der Waals surface area (Å²) in [5.74, 6) is 2.00. The average molecular weight is 498 g/mol. The summed E-state index contributed by atoms with van der Waals surface area (Å²) in [5.41, 5.74) is 3.55. The number of carbonyl (C=O) groups is 1. The van der Waals surface area contributed by atoms with Crippen molar-refractivity contribution in [3.8, 4) is 5.00 Å². The first-order valence-electron chi connectivity index (χ1n) is 11.9. The molecule has 2 aromatic heterocycles. The quantitative estimate of drug-likeness (QED) is 0.582. The molecule has 34 heavy (non-hydrogen) atoms. The Balaban J connectivity index is 1.40. The largest absolute Gasteiger partial charge is 0.372 e. The molecule has 3 aliphatic rings. The van der Waals surface area contributed by atoms with E-state index in [0.29, 0.717) is 19.6 Å². The fraction of sp³-hybridized carbons (Fsp3) is 0.480. The highest BCUT2D eigenvalue weighted by Crippen LogP contribution is 2.47. The number of benzene rings is 1. The van der Waals surface area contributed by atoms with Crippen LogP contribution in [0.3, 0.4) is 0 Å². The molecule has 6 rings (SSSR count). The Morgan fingerprint density at radius 1 is 1.18 bits per heavy atom. The average Bonchev–Trinajstić information content (AvgIpc) is 3.44. The third-order valence-corrected chi connectivity index (χ3v) is 8.74. The van der Waals surface area contributed by atoms with E-state index in [-0.39, 0.29) is 30.1 Å². The molecular weight excluding hydrogens is 470 g/mol. The lowest BCUT2D eigenvalue weighted by Gasteiger charge is -2.36. The van der Waals surface area contributed by atoms with Gasteiger partial charge in [0, 0.05) is 34.5 Å². The molecule has 0 bridgehead atoms. The second-order valence-corrected chi connectivity index (χ2v) is 11.2. The molecule has 178 valence electrons. The second-order valence-electron chi connectivity index (χ2n) is 9.66. The van der Waals surface area contributed by atoms with Crippen molar-refractivity contribution in [1.82, 2.24) is 25.0 Å². The van der Waals surface area contributed by atoms with Crippen molar-refractivity contribution in [2.45, 2.75) is 58.4 Å². The minimum Gasteiger partial charge on any atom is -0.372 e. The van der Waals surface area contributed by atoms with Gasteiger partial charge in [-0.05, 0) is 50.8 Å². The molecule has 4 atom stereocenters. The maximum absolute atomic E-state index is 13.5. The number of aromatic nitrogens is 3. The molecule has 1 amide bonds. The van der Waals surface area contributed by atoms with Crippen molar-refractivity contribution in [1.29, 1.82) is 0 Å². The molecule has 1 N–H and O–H groups in total. The number of amides is 1. The van der Waals surface area contributed by atoms with Crippen LogP contribution in [-0.4, -0.2) is 50.9 Å². The van der Waals surface area contributed by atoms with Gasteiger partial charge in [-0.15, -0.1) is 21.5 Å². The highest BCUT2D eigenvalue weighted by atomic mass is 35.5. The zero-order chi connectivity index (χ0) is 23.6. The Bertz CT molecular complexity index is 1260. The fourth-order valence-corrected chi connectivity index (χ4v) is 7.51. The van der Waals surface area contributed by atoms with Crippen LogP contribution in [0.1, 0.15) is 53.1 Å². The zero-order valence-corrected chi connectivity index (χ0v) is 21.1. The first kappa shape index (κ1) is 22.2. The number of rotatable bonds is 2. The number of thiophene rings is 1. The molecule has 7 nitrogen and oxygen atoms in total. The van der Waals surface area contributed by atoms with Gasteiger partial charge in [-0.3, -0.25) is 14.7 Å². The van der Waals surface area contributed by atoms with Crippen molar-refractivity contribution in [2.24, 2.45) is 5.92 Å².